The molecule has 2 amide bonds. The van der Waals surface area contributed by atoms with Gasteiger partial charge in [0.2, 0.25) is 11.8 Å². The first-order valence-electron chi connectivity index (χ1n) is 7.91. The van der Waals surface area contributed by atoms with Crippen molar-refractivity contribution in [2.75, 3.05) is 0 Å². The maximum Gasteiger partial charge on any atom is 0.326 e. The minimum atomic E-state index is -1.23. The highest BCUT2D eigenvalue weighted by Gasteiger charge is 2.23. The Morgan fingerprint density at radius 1 is 1.08 bits per heavy atom. The van der Waals surface area contributed by atoms with E-state index in [1.807, 2.05) is 42.5 Å². The number of nitrogens with two attached hydrogens (primary N) is 2. The number of fused-ring (bicyclic) bond motifs is 1. The Morgan fingerprint density at radius 3 is 2.40 bits per heavy atom. The maximum absolute atomic E-state index is 12.2. The highest BCUT2D eigenvalue weighted by molar-refractivity contribution is 5.88. The van der Waals surface area contributed by atoms with Crippen LogP contribution in [0.1, 0.15) is 18.4 Å². The summed E-state index contributed by atoms with van der Waals surface area (Å²) in [4.78, 5) is 34.1. The summed E-state index contributed by atoms with van der Waals surface area (Å²) < 4.78 is 0. The van der Waals surface area contributed by atoms with Crippen LogP contribution in [0.15, 0.2) is 42.5 Å². The van der Waals surface area contributed by atoms with Crippen LogP contribution in [-0.4, -0.2) is 35.0 Å². The van der Waals surface area contributed by atoms with Gasteiger partial charge in [-0.3, -0.25) is 9.59 Å². The topological polar surface area (TPSA) is 136 Å². The van der Waals surface area contributed by atoms with E-state index >= 15 is 0 Å². The number of rotatable bonds is 8. The van der Waals surface area contributed by atoms with Crippen LogP contribution in [0.4, 0.5) is 0 Å². The van der Waals surface area contributed by atoms with Crippen molar-refractivity contribution in [1.29, 1.82) is 0 Å². The fourth-order valence-electron chi connectivity index (χ4n) is 2.54. The van der Waals surface area contributed by atoms with Crippen molar-refractivity contribution < 1.29 is 19.5 Å². The Balaban J connectivity index is 2.00. The number of primary amides is 1. The summed E-state index contributed by atoms with van der Waals surface area (Å²) >= 11 is 0. The molecule has 0 saturated carbocycles. The molecule has 0 aliphatic heterocycles. The second-order valence-corrected chi connectivity index (χ2v) is 5.90. The molecule has 25 heavy (non-hydrogen) atoms. The lowest BCUT2D eigenvalue weighted by Crippen LogP contribution is -2.49. The van der Waals surface area contributed by atoms with Gasteiger partial charge in [-0.15, -0.1) is 0 Å². The summed E-state index contributed by atoms with van der Waals surface area (Å²) in [7, 11) is 0. The van der Waals surface area contributed by atoms with Gasteiger partial charge in [0.05, 0.1) is 6.04 Å². The van der Waals surface area contributed by atoms with Crippen molar-refractivity contribution in [3.05, 3.63) is 48.0 Å². The lowest BCUT2D eigenvalue weighted by molar-refractivity contribution is -0.142. The van der Waals surface area contributed by atoms with Crippen LogP contribution in [-0.2, 0) is 20.8 Å². The maximum atomic E-state index is 12.2. The molecule has 2 atom stereocenters. The van der Waals surface area contributed by atoms with Gasteiger partial charge in [0, 0.05) is 6.42 Å². The Labute approximate surface area is 145 Å². The molecule has 0 saturated heterocycles. The van der Waals surface area contributed by atoms with Crippen LogP contribution in [0, 0.1) is 0 Å². The second kappa shape index (κ2) is 8.25. The third-order valence-electron chi connectivity index (χ3n) is 3.90. The minimum Gasteiger partial charge on any atom is -0.480 e. The molecule has 6 N–H and O–H groups in total. The van der Waals surface area contributed by atoms with Crippen molar-refractivity contribution in [3.8, 4) is 0 Å². The summed E-state index contributed by atoms with van der Waals surface area (Å²) in [5.41, 5.74) is 11.8. The molecule has 0 heterocycles. The monoisotopic (exact) mass is 343 g/mol. The van der Waals surface area contributed by atoms with E-state index in [-0.39, 0.29) is 19.3 Å². The molecule has 0 aliphatic rings. The molecule has 7 heteroatoms. The van der Waals surface area contributed by atoms with Crippen LogP contribution >= 0.6 is 0 Å². The predicted molar refractivity (Wildman–Crippen MR) is 93.6 cm³/mol. The largest absolute Gasteiger partial charge is 0.480 e. The van der Waals surface area contributed by atoms with E-state index in [0.717, 1.165) is 16.3 Å². The molecular weight excluding hydrogens is 322 g/mol. The predicted octanol–water partition coefficient (Wildman–Crippen LogP) is 0.545. The van der Waals surface area contributed by atoms with E-state index < -0.39 is 29.9 Å². The molecule has 2 aromatic rings. The summed E-state index contributed by atoms with van der Waals surface area (Å²) in [5, 5.41) is 13.6. The number of nitrogens with one attached hydrogen (secondary N) is 1. The van der Waals surface area contributed by atoms with Crippen molar-refractivity contribution in [1.82, 2.24) is 5.32 Å². The first kappa shape index (κ1) is 18.4. The number of carbonyl (C=O) groups is 3. The van der Waals surface area contributed by atoms with Gasteiger partial charge in [-0.1, -0.05) is 42.5 Å². The highest BCUT2D eigenvalue weighted by Crippen LogP contribution is 2.16. The molecule has 0 bridgehead atoms. The van der Waals surface area contributed by atoms with E-state index in [4.69, 9.17) is 16.6 Å². The smallest absolute Gasteiger partial charge is 0.326 e. The number of carboxylic acid groups (broad SMARTS) is 1. The molecule has 132 valence electrons. The number of amides is 2. The standard InChI is InChI=1S/C18H21N3O4/c19-14(17(23)21-15(18(24)25)7-8-16(20)22)10-11-5-6-12-3-1-2-4-13(12)9-11/h1-6,9,14-15H,7-8,10,19H2,(H2,20,22)(H,21,23)(H,24,25)/t14-,15-/m0/s1. The summed E-state index contributed by atoms with van der Waals surface area (Å²) in [5.74, 6) is -2.43. The molecule has 0 fully saturated rings. The average molecular weight is 343 g/mol. The number of carboxylic acids is 1. The zero-order valence-corrected chi connectivity index (χ0v) is 13.6. The van der Waals surface area contributed by atoms with E-state index in [9.17, 15) is 14.4 Å². The third kappa shape index (κ3) is 5.29. The van der Waals surface area contributed by atoms with Crippen LogP contribution in [0.2, 0.25) is 0 Å². The zero-order valence-electron chi connectivity index (χ0n) is 13.6. The summed E-state index contributed by atoms with van der Waals surface area (Å²) in [6, 6.07) is 11.5. The Kier molecular flexibility index (Phi) is 6.08. The first-order valence-corrected chi connectivity index (χ1v) is 7.91. The van der Waals surface area contributed by atoms with E-state index in [1.165, 1.54) is 0 Å². The molecule has 0 aromatic heterocycles. The quantitative estimate of drug-likeness (QED) is 0.555. The van der Waals surface area contributed by atoms with E-state index in [0.29, 0.717) is 0 Å². The van der Waals surface area contributed by atoms with Gasteiger partial charge in [0.15, 0.2) is 0 Å². The first-order chi connectivity index (χ1) is 11.9. The molecule has 2 rings (SSSR count). The molecule has 2 aromatic carbocycles. The Morgan fingerprint density at radius 2 is 1.76 bits per heavy atom. The van der Waals surface area contributed by atoms with Crippen molar-refractivity contribution in [2.24, 2.45) is 11.5 Å². The third-order valence-corrected chi connectivity index (χ3v) is 3.90. The lowest BCUT2D eigenvalue weighted by Gasteiger charge is -2.17. The Hall–Kier alpha value is -2.93. The van der Waals surface area contributed by atoms with Gasteiger partial charge in [-0.05, 0) is 29.2 Å². The van der Waals surface area contributed by atoms with Gasteiger partial charge in [0.25, 0.3) is 0 Å². The molecule has 0 radical (unpaired) electrons. The van der Waals surface area contributed by atoms with E-state index in [2.05, 4.69) is 5.32 Å². The molecule has 0 spiro atoms. The normalized spacial score (nSPS) is 13.2. The van der Waals surface area contributed by atoms with Gasteiger partial charge < -0.3 is 21.9 Å². The van der Waals surface area contributed by atoms with Gasteiger partial charge >= 0.3 is 5.97 Å². The van der Waals surface area contributed by atoms with Gasteiger partial charge in [0.1, 0.15) is 6.04 Å². The molecular formula is C18H21N3O4. The van der Waals surface area contributed by atoms with E-state index in [1.54, 1.807) is 0 Å². The average Bonchev–Trinajstić information content (AvgIpc) is 2.57. The van der Waals surface area contributed by atoms with Crippen molar-refractivity contribution in [2.45, 2.75) is 31.3 Å². The molecule has 0 aliphatic carbocycles. The fraction of sp³-hybridized carbons (Fsp3) is 0.278. The number of carbonyl (C=O) groups excluding carboxylic acids is 2. The number of hydrogen-bond donors (Lipinski definition) is 4. The summed E-state index contributed by atoms with van der Waals surface area (Å²) in [6.07, 6.45) is 0.0785. The number of hydrogen-bond acceptors (Lipinski definition) is 4. The van der Waals surface area contributed by atoms with Crippen LogP contribution in [0.25, 0.3) is 10.8 Å². The second-order valence-electron chi connectivity index (χ2n) is 5.90. The molecule has 0 unspecified atom stereocenters. The van der Waals surface area contributed by atoms with Crippen LogP contribution in [0.3, 0.4) is 0 Å². The highest BCUT2D eigenvalue weighted by atomic mass is 16.4. The lowest BCUT2D eigenvalue weighted by atomic mass is 10.0. The van der Waals surface area contributed by atoms with Crippen molar-refractivity contribution >= 4 is 28.6 Å². The van der Waals surface area contributed by atoms with Crippen LogP contribution in [0.5, 0.6) is 0 Å². The summed E-state index contributed by atoms with van der Waals surface area (Å²) in [6.45, 7) is 0. The van der Waals surface area contributed by atoms with Gasteiger partial charge in [-0.25, -0.2) is 4.79 Å². The zero-order chi connectivity index (χ0) is 18.4. The van der Waals surface area contributed by atoms with Gasteiger partial charge in [-0.2, -0.15) is 0 Å². The minimum absolute atomic E-state index is 0.0703. The Bertz CT molecular complexity index is 791. The fourth-order valence-corrected chi connectivity index (χ4v) is 2.54. The SMILES string of the molecule is NC(=O)CC[C@H](NC(=O)[C@@H](N)Cc1ccc2ccccc2c1)C(=O)O. The number of benzene rings is 2. The van der Waals surface area contributed by atoms with Crippen LogP contribution < -0.4 is 16.8 Å². The molecule has 7 nitrogen and oxygen atoms in total. The van der Waals surface area contributed by atoms with Crippen molar-refractivity contribution in [3.63, 3.8) is 0 Å². The number of aliphatic carboxylic acids is 1.